The van der Waals surface area contributed by atoms with Gasteiger partial charge in [0.15, 0.2) is 0 Å². The lowest BCUT2D eigenvalue weighted by Gasteiger charge is -2.25. The van der Waals surface area contributed by atoms with Crippen LogP contribution in [0.2, 0.25) is 5.02 Å². The van der Waals surface area contributed by atoms with Gasteiger partial charge in [0.2, 0.25) is 0 Å². The molecule has 0 aromatic heterocycles. The molecule has 0 bridgehead atoms. The zero-order valence-corrected chi connectivity index (χ0v) is 12.6. The average molecular weight is 287 g/mol. The summed E-state index contributed by atoms with van der Waals surface area (Å²) < 4.78 is 0. The lowest BCUT2D eigenvalue weighted by molar-refractivity contribution is 0.133. The van der Waals surface area contributed by atoms with Crippen LogP contribution in [-0.2, 0) is 5.41 Å². The van der Waals surface area contributed by atoms with Crippen molar-refractivity contribution in [3.63, 3.8) is 0 Å². The highest BCUT2D eigenvalue weighted by Crippen LogP contribution is 2.57. The zero-order valence-electron chi connectivity index (χ0n) is 11.9. The maximum absolute atomic E-state index is 10.9. The molecule has 0 radical (unpaired) electrons. The van der Waals surface area contributed by atoms with Crippen LogP contribution in [0, 0.1) is 13.8 Å². The van der Waals surface area contributed by atoms with Crippen molar-refractivity contribution in [2.45, 2.75) is 38.2 Å². The molecular formula is C18H19ClO. The second-order valence-electron chi connectivity index (χ2n) is 5.88. The van der Waals surface area contributed by atoms with Gasteiger partial charge in [-0.25, -0.2) is 0 Å². The van der Waals surface area contributed by atoms with Crippen molar-refractivity contribution >= 4 is 11.6 Å². The molecule has 1 unspecified atom stereocenters. The normalized spacial score (nSPS) is 17.8. The van der Waals surface area contributed by atoms with Gasteiger partial charge in [0.05, 0.1) is 6.10 Å². The number of benzene rings is 2. The first-order valence-electron chi connectivity index (χ1n) is 7.05. The number of aryl methyl sites for hydroxylation is 2. The standard InChI is InChI=1S/C18H19ClO/c1-12-10-15(16(19)11-13(12)2)17(20)18(8-9-18)14-6-4-3-5-7-14/h3-7,10-11,17,20H,8-9H2,1-2H3. The second-order valence-corrected chi connectivity index (χ2v) is 6.29. The summed E-state index contributed by atoms with van der Waals surface area (Å²) in [4.78, 5) is 0. The number of aliphatic hydroxyl groups is 1. The summed E-state index contributed by atoms with van der Waals surface area (Å²) in [6.07, 6.45) is 1.50. The topological polar surface area (TPSA) is 20.2 Å². The molecule has 3 rings (SSSR count). The van der Waals surface area contributed by atoms with Crippen molar-refractivity contribution in [2.24, 2.45) is 0 Å². The van der Waals surface area contributed by atoms with Crippen molar-refractivity contribution in [2.75, 3.05) is 0 Å². The molecule has 0 saturated heterocycles. The van der Waals surface area contributed by atoms with Crippen molar-refractivity contribution in [3.05, 3.63) is 69.7 Å². The Morgan fingerprint density at radius 1 is 1.05 bits per heavy atom. The third-order valence-electron chi connectivity index (χ3n) is 4.57. The van der Waals surface area contributed by atoms with Gasteiger partial charge >= 0.3 is 0 Å². The molecule has 1 atom stereocenters. The van der Waals surface area contributed by atoms with E-state index < -0.39 is 6.10 Å². The summed E-state index contributed by atoms with van der Waals surface area (Å²) >= 11 is 6.36. The van der Waals surface area contributed by atoms with E-state index in [0.717, 1.165) is 24.0 Å². The van der Waals surface area contributed by atoms with Gasteiger partial charge in [-0.2, -0.15) is 0 Å². The Labute approximate surface area is 125 Å². The molecule has 2 aromatic rings. The fourth-order valence-electron chi connectivity index (χ4n) is 2.94. The quantitative estimate of drug-likeness (QED) is 0.865. The number of hydrogen-bond acceptors (Lipinski definition) is 1. The average Bonchev–Trinajstić information content (AvgIpc) is 3.25. The fraction of sp³-hybridized carbons (Fsp3) is 0.333. The van der Waals surface area contributed by atoms with Crippen LogP contribution in [0.1, 0.15) is 41.2 Å². The highest BCUT2D eigenvalue weighted by Gasteiger charge is 2.51. The summed E-state index contributed by atoms with van der Waals surface area (Å²) in [6, 6.07) is 14.3. The lowest BCUT2D eigenvalue weighted by Crippen LogP contribution is -2.19. The van der Waals surface area contributed by atoms with E-state index in [1.165, 1.54) is 11.1 Å². The zero-order chi connectivity index (χ0) is 14.3. The van der Waals surface area contributed by atoms with Crippen LogP contribution in [0.3, 0.4) is 0 Å². The molecule has 0 aliphatic heterocycles. The van der Waals surface area contributed by atoms with Crippen molar-refractivity contribution in [3.8, 4) is 0 Å². The Morgan fingerprint density at radius 2 is 1.65 bits per heavy atom. The molecule has 1 nitrogen and oxygen atoms in total. The third-order valence-corrected chi connectivity index (χ3v) is 4.90. The molecule has 1 aliphatic rings. The Balaban J connectivity index is 2.01. The molecule has 1 N–H and O–H groups in total. The summed E-state index contributed by atoms with van der Waals surface area (Å²) in [5.41, 5.74) is 4.26. The molecule has 20 heavy (non-hydrogen) atoms. The van der Waals surface area contributed by atoms with E-state index in [4.69, 9.17) is 11.6 Å². The molecule has 0 spiro atoms. The van der Waals surface area contributed by atoms with Crippen LogP contribution < -0.4 is 0 Å². The largest absolute Gasteiger partial charge is 0.387 e. The number of rotatable bonds is 3. The summed E-state index contributed by atoms with van der Waals surface area (Å²) in [6.45, 7) is 4.10. The minimum Gasteiger partial charge on any atom is -0.387 e. The number of halogens is 1. The smallest absolute Gasteiger partial charge is 0.0901 e. The van der Waals surface area contributed by atoms with Crippen LogP contribution in [0.4, 0.5) is 0 Å². The van der Waals surface area contributed by atoms with Crippen LogP contribution in [0.15, 0.2) is 42.5 Å². The van der Waals surface area contributed by atoms with E-state index in [1.54, 1.807) is 0 Å². The van der Waals surface area contributed by atoms with E-state index >= 15 is 0 Å². The van der Waals surface area contributed by atoms with E-state index in [1.807, 2.05) is 37.3 Å². The molecule has 104 valence electrons. The fourth-order valence-corrected chi connectivity index (χ4v) is 3.26. The predicted octanol–water partition coefficient (Wildman–Crippen LogP) is 4.72. The Bertz CT molecular complexity index is 629. The van der Waals surface area contributed by atoms with Gasteiger partial charge in [0.1, 0.15) is 0 Å². The van der Waals surface area contributed by atoms with Crippen LogP contribution in [0.25, 0.3) is 0 Å². The number of hydrogen-bond donors (Lipinski definition) is 1. The highest BCUT2D eigenvalue weighted by molar-refractivity contribution is 6.31. The van der Waals surface area contributed by atoms with Crippen LogP contribution in [0.5, 0.6) is 0 Å². The number of aliphatic hydroxyl groups excluding tert-OH is 1. The SMILES string of the molecule is Cc1cc(Cl)c(C(O)C2(c3ccccc3)CC2)cc1C. The maximum Gasteiger partial charge on any atom is 0.0901 e. The minimum absolute atomic E-state index is 0.146. The molecule has 1 saturated carbocycles. The molecule has 0 heterocycles. The maximum atomic E-state index is 10.9. The van der Waals surface area contributed by atoms with Gasteiger partial charge in [-0.15, -0.1) is 0 Å². The summed E-state index contributed by atoms with van der Waals surface area (Å²) in [5.74, 6) is 0. The highest BCUT2D eigenvalue weighted by atomic mass is 35.5. The summed E-state index contributed by atoms with van der Waals surface area (Å²) in [7, 11) is 0. The van der Waals surface area contributed by atoms with E-state index in [-0.39, 0.29) is 5.41 Å². The van der Waals surface area contributed by atoms with Crippen LogP contribution in [-0.4, -0.2) is 5.11 Å². The minimum atomic E-state index is -0.531. The van der Waals surface area contributed by atoms with E-state index in [9.17, 15) is 5.11 Å². The second kappa shape index (κ2) is 4.91. The lowest BCUT2D eigenvalue weighted by atomic mass is 9.85. The monoisotopic (exact) mass is 286 g/mol. The molecule has 1 aliphatic carbocycles. The first-order chi connectivity index (χ1) is 9.54. The molecule has 1 fully saturated rings. The van der Waals surface area contributed by atoms with E-state index in [0.29, 0.717) is 5.02 Å². The Kier molecular flexibility index (Phi) is 3.35. The first kappa shape index (κ1) is 13.7. The van der Waals surface area contributed by atoms with Crippen molar-refractivity contribution in [1.82, 2.24) is 0 Å². The van der Waals surface area contributed by atoms with Crippen molar-refractivity contribution < 1.29 is 5.11 Å². The predicted molar refractivity (Wildman–Crippen MR) is 83.2 cm³/mol. The van der Waals surface area contributed by atoms with Crippen LogP contribution >= 0.6 is 11.6 Å². The van der Waals surface area contributed by atoms with Gasteiger partial charge in [-0.3, -0.25) is 0 Å². The first-order valence-corrected chi connectivity index (χ1v) is 7.42. The Hall–Kier alpha value is -1.31. The third kappa shape index (κ3) is 2.15. The van der Waals surface area contributed by atoms with Gasteiger partial charge in [-0.05, 0) is 49.4 Å². The van der Waals surface area contributed by atoms with E-state index in [2.05, 4.69) is 19.1 Å². The van der Waals surface area contributed by atoms with Gasteiger partial charge in [0, 0.05) is 16.0 Å². The van der Waals surface area contributed by atoms with Gasteiger partial charge in [0.25, 0.3) is 0 Å². The summed E-state index contributed by atoms with van der Waals surface area (Å²) in [5, 5.41) is 11.5. The molecule has 2 aromatic carbocycles. The molecule has 0 amide bonds. The van der Waals surface area contributed by atoms with Crippen molar-refractivity contribution in [1.29, 1.82) is 0 Å². The van der Waals surface area contributed by atoms with Gasteiger partial charge in [-0.1, -0.05) is 48.0 Å². The molecule has 2 heteroatoms. The Morgan fingerprint density at radius 3 is 2.25 bits per heavy atom. The van der Waals surface area contributed by atoms with Gasteiger partial charge < -0.3 is 5.11 Å². The molecular weight excluding hydrogens is 268 g/mol.